The lowest BCUT2D eigenvalue weighted by Gasteiger charge is -2.06. The monoisotopic (exact) mass is 296 g/mol. The second-order valence-corrected chi connectivity index (χ2v) is 4.77. The molecule has 0 fully saturated rings. The highest BCUT2D eigenvalue weighted by Crippen LogP contribution is 2.31. The van der Waals surface area contributed by atoms with Crippen LogP contribution in [0.25, 0.3) is 0 Å². The van der Waals surface area contributed by atoms with Gasteiger partial charge in [-0.2, -0.15) is 0 Å². The Labute approximate surface area is 118 Å². The topological polar surface area (TPSA) is 113 Å². The molecule has 0 aliphatic rings. The molecule has 20 heavy (non-hydrogen) atoms. The Kier molecular flexibility index (Phi) is 4.33. The van der Waals surface area contributed by atoms with Gasteiger partial charge >= 0.3 is 5.69 Å². The average Bonchev–Trinajstić information content (AvgIpc) is 2.92. The Bertz CT molecular complexity index is 616. The zero-order chi connectivity index (χ0) is 14.5. The van der Waals surface area contributed by atoms with Crippen LogP contribution in [0.2, 0.25) is 0 Å². The highest BCUT2D eigenvalue weighted by Gasteiger charge is 2.15. The van der Waals surface area contributed by atoms with E-state index < -0.39 is 4.92 Å². The summed E-state index contributed by atoms with van der Waals surface area (Å²) in [5.41, 5.74) is 2.29. The summed E-state index contributed by atoms with van der Waals surface area (Å²) in [5, 5.41) is 11.5. The van der Waals surface area contributed by atoms with Crippen LogP contribution in [0.3, 0.4) is 0 Å². The molecule has 1 heterocycles. The first-order valence-corrected chi connectivity index (χ1v) is 6.32. The maximum absolute atomic E-state index is 10.9. The molecule has 0 bridgehead atoms. The second-order valence-electron chi connectivity index (χ2n) is 3.66. The molecule has 0 spiro atoms. The summed E-state index contributed by atoms with van der Waals surface area (Å²) in [6.07, 6.45) is 1.62. The number of nitro benzene ring substituents is 1. The molecular weight excluding hydrogens is 284 g/mol. The Morgan fingerprint density at radius 1 is 1.55 bits per heavy atom. The lowest BCUT2D eigenvalue weighted by Crippen LogP contribution is -2.05. The van der Waals surface area contributed by atoms with Gasteiger partial charge in [0.25, 0.3) is 0 Å². The third kappa shape index (κ3) is 3.13. The summed E-state index contributed by atoms with van der Waals surface area (Å²) >= 11 is 1.34. The summed E-state index contributed by atoms with van der Waals surface area (Å²) in [6, 6.07) is 4.42. The Morgan fingerprint density at radius 3 is 2.95 bits per heavy atom. The molecule has 0 unspecified atom stereocenters. The number of hydrogen-bond donors (Lipinski definition) is 2. The van der Waals surface area contributed by atoms with E-state index in [1.807, 2.05) is 0 Å². The summed E-state index contributed by atoms with van der Waals surface area (Å²) in [4.78, 5) is 15.2. The Balaban J connectivity index is 2.09. The molecule has 106 valence electrons. The molecule has 0 atom stereocenters. The fraction of sp³-hybridized carbons (Fsp3) is 0.182. The van der Waals surface area contributed by atoms with Gasteiger partial charge < -0.3 is 9.47 Å². The molecule has 3 N–H and O–H groups in total. The number of hydrogen-bond acceptors (Lipinski definition) is 8. The number of ether oxygens (including phenoxy) is 2. The van der Waals surface area contributed by atoms with Gasteiger partial charge in [0, 0.05) is 6.20 Å². The van der Waals surface area contributed by atoms with Gasteiger partial charge in [-0.15, -0.1) is 0 Å². The minimum atomic E-state index is -0.519. The fourth-order valence-corrected chi connectivity index (χ4v) is 2.13. The van der Waals surface area contributed by atoms with E-state index in [-0.39, 0.29) is 18.0 Å². The minimum Gasteiger partial charge on any atom is -0.490 e. The highest BCUT2D eigenvalue weighted by atomic mass is 32.1. The van der Waals surface area contributed by atoms with Gasteiger partial charge in [0.05, 0.1) is 23.0 Å². The lowest BCUT2D eigenvalue weighted by molar-refractivity contribution is -0.385. The molecule has 8 nitrogen and oxygen atoms in total. The Morgan fingerprint density at radius 2 is 2.35 bits per heavy atom. The van der Waals surface area contributed by atoms with Crippen LogP contribution >= 0.6 is 11.3 Å². The predicted octanol–water partition coefficient (Wildman–Crippen LogP) is 1.92. The number of anilines is 1. The molecule has 1 aromatic carbocycles. The molecular formula is C11H12N4O4S. The number of nitrogens with zero attached hydrogens (tertiary/aromatic N) is 2. The zero-order valence-corrected chi connectivity index (χ0v) is 11.3. The van der Waals surface area contributed by atoms with E-state index in [1.165, 1.54) is 30.6 Å². The summed E-state index contributed by atoms with van der Waals surface area (Å²) < 4.78 is 10.4. The maximum atomic E-state index is 10.9. The van der Waals surface area contributed by atoms with Crippen molar-refractivity contribution in [1.29, 1.82) is 0 Å². The van der Waals surface area contributed by atoms with E-state index in [9.17, 15) is 10.1 Å². The predicted molar refractivity (Wildman–Crippen MR) is 73.9 cm³/mol. The van der Waals surface area contributed by atoms with Crippen LogP contribution in [-0.2, 0) is 6.61 Å². The Hall–Kier alpha value is -2.39. The van der Waals surface area contributed by atoms with Gasteiger partial charge in [-0.3, -0.25) is 15.5 Å². The third-order valence-electron chi connectivity index (χ3n) is 2.41. The molecule has 2 aromatic rings. The number of hydrazine groups is 1. The van der Waals surface area contributed by atoms with Crippen molar-refractivity contribution in [3.05, 3.63) is 39.4 Å². The van der Waals surface area contributed by atoms with Crippen LogP contribution in [0.5, 0.6) is 11.5 Å². The third-order valence-corrected chi connectivity index (χ3v) is 3.31. The largest absolute Gasteiger partial charge is 0.490 e. The minimum absolute atomic E-state index is 0.140. The van der Waals surface area contributed by atoms with Gasteiger partial charge in [0.1, 0.15) is 12.4 Å². The summed E-state index contributed by atoms with van der Waals surface area (Å²) in [7, 11) is 1.38. The van der Waals surface area contributed by atoms with E-state index in [2.05, 4.69) is 10.4 Å². The van der Waals surface area contributed by atoms with Crippen molar-refractivity contribution in [1.82, 2.24) is 4.98 Å². The molecule has 0 aliphatic carbocycles. The molecule has 1 aromatic heterocycles. The van der Waals surface area contributed by atoms with Crippen LogP contribution in [0.4, 0.5) is 10.8 Å². The molecule has 0 aliphatic heterocycles. The first-order valence-electron chi connectivity index (χ1n) is 5.50. The first kappa shape index (κ1) is 14.0. The van der Waals surface area contributed by atoms with Crippen molar-refractivity contribution >= 4 is 22.2 Å². The quantitative estimate of drug-likeness (QED) is 0.475. The normalized spacial score (nSPS) is 10.1. The van der Waals surface area contributed by atoms with Crippen molar-refractivity contribution in [3.8, 4) is 11.5 Å². The van der Waals surface area contributed by atoms with Crippen LogP contribution in [0, 0.1) is 10.1 Å². The van der Waals surface area contributed by atoms with Crippen molar-refractivity contribution in [3.63, 3.8) is 0 Å². The standard InChI is InChI=1S/C11H12N4O4S/c1-18-10-3-2-7(4-9(10)15(16)17)19-6-8-5-13-11(14-12)20-8/h2-5H,6,12H2,1H3,(H,13,14). The molecule has 0 saturated heterocycles. The molecule has 0 amide bonds. The SMILES string of the molecule is COc1ccc(OCc2cnc(NN)s2)cc1[N+](=O)[O-]. The number of aromatic nitrogens is 1. The number of methoxy groups -OCH3 is 1. The van der Waals surface area contributed by atoms with E-state index in [4.69, 9.17) is 15.3 Å². The van der Waals surface area contributed by atoms with Crippen molar-refractivity contribution in [2.24, 2.45) is 5.84 Å². The molecule has 0 saturated carbocycles. The number of rotatable bonds is 6. The van der Waals surface area contributed by atoms with Gasteiger partial charge in [0.2, 0.25) is 0 Å². The van der Waals surface area contributed by atoms with Gasteiger partial charge in [0.15, 0.2) is 10.9 Å². The van der Waals surface area contributed by atoms with E-state index >= 15 is 0 Å². The van der Waals surface area contributed by atoms with Gasteiger partial charge in [-0.05, 0) is 12.1 Å². The van der Waals surface area contributed by atoms with Gasteiger partial charge in [-0.25, -0.2) is 10.8 Å². The fourth-order valence-electron chi connectivity index (χ4n) is 1.50. The molecule has 2 rings (SSSR count). The van der Waals surface area contributed by atoms with E-state index in [0.717, 1.165) is 4.88 Å². The van der Waals surface area contributed by atoms with Crippen LogP contribution < -0.4 is 20.7 Å². The maximum Gasteiger partial charge on any atom is 0.314 e. The van der Waals surface area contributed by atoms with E-state index in [0.29, 0.717) is 10.9 Å². The number of nitrogen functional groups attached to an aromatic ring is 1. The summed E-state index contributed by atoms with van der Waals surface area (Å²) in [6.45, 7) is 0.253. The zero-order valence-electron chi connectivity index (χ0n) is 10.5. The molecule has 0 radical (unpaired) electrons. The number of thiazole rings is 1. The average molecular weight is 296 g/mol. The number of nitro groups is 1. The van der Waals surface area contributed by atoms with Crippen LogP contribution in [0.1, 0.15) is 4.88 Å². The van der Waals surface area contributed by atoms with Gasteiger partial charge in [-0.1, -0.05) is 11.3 Å². The number of nitrogens with two attached hydrogens (primary N) is 1. The van der Waals surface area contributed by atoms with E-state index in [1.54, 1.807) is 12.3 Å². The summed E-state index contributed by atoms with van der Waals surface area (Å²) in [5.74, 6) is 5.80. The van der Waals surface area contributed by atoms with Crippen molar-refractivity contribution in [2.45, 2.75) is 6.61 Å². The smallest absolute Gasteiger partial charge is 0.314 e. The number of benzene rings is 1. The van der Waals surface area contributed by atoms with Crippen molar-refractivity contribution < 1.29 is 14.4 Å². The van der Waals surface area contributed by atoms with Crippen molar-refractivity contribution in [2.75, 3.05) is 12.5 Å². The second kappa shape index (κ2) is 6.17. The highest BCUT2D eigenvalue weighted by molar-refractivity contribution is 7.15. The first-order chi connectivity index (χ1) is 9.63. The van der Waals surface area contributed by atoms with Crippen LogP contribution in [-0.4, -0.2) is 17.0 Å². The number of nitrogens with one attached hydrogen (secondary N) is 1. The lowest BCUT2D eigenvalue weighted by atomic mass is 10.3. The van der Waals surface area contributed by atoms with Crippen LogP contribution in [0.15, 0.2) is 24.4 Å². The molecule has 9 heteroatoms.